The molecule has 2 saturated carbocycles. The van der Waals surface area contributed by atoms with Crippen LogP contribution in [-0.4, -0.2) is 23.2 Å². The van der Waals surface area contributed by atoms with Gasteiger partial charge in [0.2, 0.25) is 5.91 Å². The van der Waals surface area contributed by atoms with Crippen molar-refractivity contribution in [2.45, 2.75) is 62.6 Å². The number of nitrogens with one attached hydrogen (secondary N) is 1. The molecule has 3 nitrogen and oxygen atoms in total. The fraction of sp³-hybridized carbons (Fsp3) is 0.632. The van der Waals surface area contributed by atoms with E-state index in [0.29, 0.717) is 19.3 Å². The van der Waals surface area contributed by atoms with E-state index in [9.17, 15) is 23.1 Å². The van der Waals surface area contributed by atoms with E-state index in [1.807, 2.05) is 0 Å². The lowest BCUT2D eigenvalue weighted by molar-refractivity contribution is -0.138. The Labute approximate surface area is 145 Å². The van der Waals surface area contributed by atoms with E-state index in [-0.39, 0.29) is 23.9 Å². The predicted octanol–water partition coefficient (Wildman–Crippen LogP) is 4.01. The molecule has 0 heterocycles. The quantitative estimate of drug-likeness (QED) is 0.802. The summed E-state index contributed by atoms with van der Waals surface area (Å²) in [4.78, 5) is 12.3. The minimum atomic E-state index is -4.41. The van der Waals surface area contributed by atoms with Crippen molar-refractivity contribution in [3.05, 3.63) is 35.4 Å². The van der Waals surface area contributed by atoms with Crippen molar-refractivity contribution in [2.75, 3.05) is 6.54 Å². The first-order valence-corrected chi connectivity index (χ1v) is 8.96. The molecule has 6 heteroatoms. The van der Waals surface area contributed by atoms with Crippen LogP contribution in [0.1, 0.15) is 62.0 Å². The Kier molecular flexibility index (Phi) is 5.09. The summed E-state index contributed by atoms with van der Waals surface area (Å²) >= 11 is 0. The molecule has 0 bridgehead atoms. The van der Waals surface area contributed by atoms with Gasteiger partial charge in [-0.3, -0.25) is 4.79 Å². The summed E-state index contributed by atoms with van der Waals surface area (Å²) in [5.74, 6) is -1.07. The van der Waals surface area contributed by atoms with Gasteiger partial charge < -0.3 is 10.4 Å². The highest BCUT2D eigenvalue weighted by Gasteiger charge is 2.48. The van der Waals surface area contributed by atoms with Gasteiger partial charge in [-0.1, -0.05) is 43.9 Å². The predicted molar refractivity (Wildman–Crippen MR) is 88.0 cm³/mol. The maximum absolute atomic E-state index is 13.1. The third-order valence-electron chi connectivity index (χ3n) is 5.42. The Morgan fingerprint density at radius 2 is 1.80 bits per heavy atom. The van der Waals surface area contributed by atoms with Gasteiger partial charge in [0.1, 0.15) is 0 Å². The number of benzene rings is 1. The van der Waals surface area contributed by atoms with Crippen LogP contribution >= 0.6 is 0 Å². The Bertz CT molecular complexity index is 621. The van der Waals surface area contributed by atoms with Crippen molar-refractivity contribution in [2.24, 2.45) is 5.92 Å². The Morgan fingerprint density at radius 3 is 2.44 bits per heavy atom. The van der Waals surface area contributed by atoms with Crippen molar-refractivity contribution in [3.8, 4) is 0 Å². The second-order valence-corrected chi connectivity index (χ2v) is 7.39. The van der Waals surface area contributed by atoms with E-state index in [1.165, 1.54) is 12.1 Å². The second kappa shape index (κ2) is 6.98. The molecular formula is C19H24F3NO2. The van der Waals surface area contributed by atoms with Crippen molar-refractivity contribution >= 4 is 5.91 Å². The molecule has 1 aromatic rings. The monoisotopic (exact) mass is 355 g/mol. The largest absolute Gasteiger partial charge is 0.416 e. The first kappa shape index (κ1) is 18.2. The standard InChI is InChI=1S/C19H24F3NO2/c20-19(21,22)16-8-4-3-7-13(16)14-11-15(14)17(24)23-12-18(25)9-5-1-2-6-10-18/h3-4,7-8,14-15,25H,1-2,5-6,9-12H2,(H,23,24)/t14-,15+/m0/s1. The van der Waals surface area contributed by atoms with E-state index >= 15 is 0 Å². The Hall–Kier alpha value is -1.56. The van der Waals surface area contributed by atoms with Gasteiger partial charge in [0, 0.05) is 12.5 Å². The number of aliphatic hydroxyl groups is 1. The fourth-order valence-electron chi connectivity index (χ4n) is 3.85. The third-order valence-corrected chi connectivity index (χ3v) is 5.42. The number of amides is 1. The molecule has 138 valence electrons. The van der Waals surface area contributed by atoms with Gasteiger partial charge >= 0.3 is 6.18 Å². The summed E-state index contributed by atoms with van der Waals surface area (Å²) in [7, 11) is 0. The molecule has 0 aliphatic heterocycles. The highest BCUT2D eigenvalue weighted by molar-refractivity contribution is 5.83. The zero-order valence-corrected chi connectivity index (χ0v) is 14.1. The normalized spacial score (nSPS) is 25.9. The lowest BCUT2D eigenvalue weighted by atomic mass is 9.94. The molecule has 2 atom stereocenters. The highest BCUT2D eigenvalue weighted by Crippen LogP contribution is 2.51. The molecule has 3 rings (SSSR count). The molecule has 0 radical (unpaired) electrons. The molecule has 2 aliphatic carbocycles. The van der Waals surface area contributed by atoms with Crippen molar-refractivity contribution in [1.29, 1.82) is 0 Å². The summed E-state index contributed by atoms with van der Waals surface area (Å²) < 4.78 is 39.3. The molecule has 25 heavy (non-hydrogen) atoms. The van der Waals surface area contributed by atoms with Crippen LogP contribution in [0.2, 0.25) is 0 Å². The molecule has 0 aromatic heterocycles. The van der Waals surface area contributed by atoms with Crippen molar-refractivity contribution in [1.82, 2.24) is 5.32 Å². The van der Waals surface area contributed by atoms with Gasteiger partial charge in [0.25, 0.3) is 0 Å². The molecule has 0 unspecified atom stereocenters. The summed E-state index contributed by atoms with van der Waals surface area (Å²) in [6.07, 6.45) is 1.42. The molecule has 2 N–H and O–H groups in total. The Balaban J connectivity index is 1.60. The van der Waals surface area contributed by atoms with Gasteiger partial charge in [-0.05, 0) is 36.8 Å². The van der Waals surface area contributed by atoms with E-state index < -0.39 is 23.3 Å². The zero-order chi connectivity index (χ0) is 18.1. The van der Waals surface area contributed by atoms with Crippen LogP contribution in [0.3, 0.4) is 0 Å². The van der Waals surface area contributed by atoms with Gasteiger partial charge in [-0.2, -0.15) is 13.2 Å². The smallest absolute Gasteiger partial charge is 0.388 e. The molecule has 2 aliphatic rings. The van der Waals surface area contributed by atoms with E-state index in [2.05, 4.69) is 5.32 Å². The van der Waals surface area contributed by atoms with Crippen LogP contribution in [0.5, 0.6) is 0 Å². The van der Waals surface area contributed by atoms with Crippen LogP contribution in [0.4, 0.5) is 13.2 Å². The Morgan fingerprint density at radius 1 is 1.16 bits per heavy atom. The lowest BCUT2D eigenvalue weighted by Gasteiger charge is -2.26. The number of rotatable bonds is 4. The third kappa shape index (κ3) is 4.35. The topological polar surface area (TPSA) is 49.3 Å². The lowest BCUT2D eigenvalue weighted by Crippen LogP contribution is -2.43. The molecule has 0 saturated heterocycles. The minimum Gasteiger partial charge on any atom is -0.388 e. The SMILES string of the molecule is O=C(NCC1(O)CCCCCC1)[C@@H]1C[C@H]1c1ccccc1C(F)(F)F. The fourth-order valence-corrected chi connectivity index (χ4v) is 3.85. The van der Waals surface area contributed by atoms with Gasteiger partial charge in [-0.25, -0.2) is 0 Å². The second-order valence-electron chi connectivity index (χ2n) is 7.39. The maximum Gasteiger partial charge on any atom is 0.416 e. The first-order valence-electron chi connectivity index (χ1n) is 8.96. The van der Waals surface area contributed by atoms with Crippen LogP contribution in [0, 0.1) is 5.92 Å². The maximum atomic E-state index is 13.1. The van der Waals surface area contributed by atoms with E-state index in [1.54, 1.807) is 6.07 Å². The molecule has 1 aromatic carbocycles. The minimum absolute atomic E-state index is 0.190. The summed E-state index contributed by atoms with van der Waals surface area (Å²) in [5.41, 5.74) is -1.33. The molecule has 0 spiro atoms. The van der Waals surface area contributed by atoms with E-state index in [0.717, 1.165) is 31.7 Å². The van der Waals surface area contributed by atoms with Crippen LogP contribution in [-0.2, 0) is 11.0 Å². The number of carbonyl (C=O) groups excluding carboxylic acids is 1. The zero-order valence-electron chi connectivity index (χ0n) is 14.1. The summed E-state index contributed by atoms with van der Waals surface area (Å²) in [5, 5.41) is 13.3. The molecular weight excluding hydrogens is 331 g/mol. The first-order chi connectivity index (χ1) is 11.8. The average molecular weight is 355 g/mol. The number of hydrogen-bond acceptors (Lipinski definition) is 2. The number of hydrogen-bond donors (Lipinski definition) is 2. The van der Waals surface area contributed by atoms with Gasteiger partial charge in [0.15, 0.2) is 0 Å². The van der Waals surface area contributed by atoms with E-state index in [4.69, 9.17) is 0 Å². The highest BCUT2D eigenvalue weighted by atomic mass is 19.4. The van der Waals surface area contributed by atoms with Crippen LogP contribution in [0.15, 0.2) is 24.3 Å². The number of carbonyl (C=O) groups is 1. The van der Waals surface area contributed by atoms with Gasteiger partial charge in [0.05, 0.1) is 11.2 Å². The van der Waals surface area contributed by atoms with Gasteiger partial charge in [-0.15, -0.1) is 0 Å². The average Bonchev–Trinajstić information content (AvgIpc) is 3.37. The molecule has 2 fully saturated rings. The van der Waals surface area contributed by atoms with Crippen LogP contribution in [0.25, 0.3) is 0 Å². The van der Waals surface area contributed by atoms with Crippen molar-refractivity contribution < 1.29 is 23.1 Å². The van der Waals surface area contributed by atoms with Crippen molar-refractivity contribution in [3.63, 3.8) is 0 Å². The summed E-state index contributed by atoms with van der Waals surface area (Å²) in [6.45, 7) is 0.190. The molecule has 1 amide bonds. The number of halogens is 3. The van der Waals surface area contributed by atoms with Crippen LogP contribution < -0.4 is 5.32 Å². The number of alkyl halides is 3. The summed E-state index contributed by atoms with van der Waals surface area (Å²) in [6, 6.07) is 5.47.